The van der Waals surface area contributed by atoms with Crippen LogP contribution in [0.2, 0.25) is 0 Å². The highest BCUT2D eigenvalue weighted by Gasteiger charge is 2.15. The van der Waals surface area contributed by atoms with Gasteiger partial charge in [0, 0.05) is 17.3 Å². The number of carbonyl (C=O) groups excluding carboxylic acids is 1. The number of amides is 1. The van der Waals surface area contributed by atoms with Crippen molar-refractivity contribution in [2.24, 2.45) is 5.14 Å². The lowest BCUT2D eigenvalue weighted by molar-refractivity contribution is -0.122. The molecule has 0 spiro atoms. The molecule has 0 heterocycles. The number of nitrogens with two attached hydrogens (primary N) is 1. The second kappa shape index (κ2) is 6.11. The maximum atomic E-state index is 11.6. The largest absolute Gasteiger partial charge is 0.483 e. The first-order valence-corrected chi connectivity index (χ1v) is 7.92. The van der Waals surface area contributed by atoms with E-state index in [0.717, 1.165) is 0 Å². The Morgan fingerprint density at radius 3 is 2.48 bits per heavy atom. The van der Waals surface area contributed by atoms with Crippen molar-refractivity contribution >= 4 is 26.7 Å². The summed E-state index contributed by atoms with van der Waals surface area (Å²) < 4.78 is 28.6. The fourth-order valence-electron chi connectivity index (χ4n) is 2.01. The Morgan fingerprint density at radius 1 is 1.19 bits per heavy atom. The first kappa shape index (κ1) is 15.3. The number of carbonyl (C=O) groups is 1. The second-order valence-corrected chi connectivity index (χ2v) is 5.92. The van der Waals surface area contributed by atoms with Gasteiger partial charge < -0.3 is 10.1 Å². The number of ether oxygens (including phenoxy) is 1. The summed E-state index contributed by atoms with van der Waals surface area (Å²) >= 11 is 0. The molecule has 0 saturated heterocycles. The van der Waals surface area contributed by atoms with Crippen molar-refractivity contribution in [3.8, 4) is 5.75 Å². The molecule has 21 heavy (non-hydrogen) atoms. The lowest BCUT2D eigenvalue weighted by Gasteiger charge is -2.11. The Balaban J connectivity index is 2.41. The van der Waals surface area contributed by atoms with E-state index in [4.69, 9.17) is 9.88 Å². The molecular weight excluding hydrogens is 292 g/mol. The van der Waals surface area contributed by atoms with Gasteiger partial charge in [0.2, 0.25) is 10.0 Å². The van der Waals surface area contributed by atoms with Crippen LogP contribution in [0.3, 0.4) is 0 Å². The van der Waals surface area contributed by atoms with Crippen LogP contribution in [-0.4, -0.2) is 27.5 Å². The molecule has 0 fully saturated rings. The lowest BCUT2D eigenvalue weighted by Crippen LogP contribution is -2.28. The molecule has 0 atom stereocenters. The van der Waals surface area contributed by atoms with Crippen LogP contribution in [0.25, 0.3) is 10.8 Å². The highest BCUT2D eigenvalue weighted by atomic mass is 32.2. The summed E-state index contributed by atoms with van der Waals surface area (Å²) in [6, 6.07) is 9.72. The normalized spacial score (nSPS) is 11.3. The molecule has 2 aromatic rings. The number of sulfonamides is 1. The summed E-state index contributed by atoms with van der Waals surface area (Å²) in [5, 5.41) is 8.88. The number of hydrogen-bond donors (Lipinski definition) is 2. The Labute approximate surface area is 122 Å². The van der Waals surface area contributed by atoms with E-state index >= 15 is 0 Å². The lowest BCUT2D eigenvalue weighted by atomic mass is 10.1. The van der Waals surface area contributed by atoms with Gasteiger partial charge in [-0.25, -0.2) is 13.6 Å². The van der Waals surface area contributed by atoms with E-state index in [9.17, 15) is 13.2 Å². The van der Waals surface area contributed by atoms with Crippen LogP contribution in [0, 0.1) is 0 Å². The molecule has 0 radical (unpaired) electrons. The highest BCUT2D eigenvalue weighted by Crippen LogP contribution is 2.30. The first-order valence-electron chi connectivity index (χ1n) is 6.37. The van der Waals surface area contributed by atoms with Crippen molar-refractivity contribution in [3.05, 3.63) is 36.4 Å². The molecule has 2 rings (SSSR count). The van der Waals surface area contributed by atoms with Gasteiger partial charge in [0.15, 0.2) is 6.61 Å². The van der Waals surface area contributed by atoms with Crippen LogP contribution in [0.5, 0.6) is 5.75 Å². The Morgan fingerprint density at radius 2 is 1.86 bits per heavy atom. The van der Waals surface area contributed by atoms with Crippen LogP contribution in [0.4, 0.5) is 0 Å². The second-order valence-electron chi connectivity index (χ2n) is 4.39. The Kier molecular flexibility index (Phi) is 4.44. The SMILES string of the molecule is CCNC(=O)COc1ccc(S(N)(=O)=O)c2ccccc12. The van der Waals surface area contributed by atoms with Crippen molar-refractivity contribution in [1.82, 2.24) is 5.32 Å². The first-order chi connectivity index (χ1) is 9.93. The third kappa shape index (κ3) is 3.50. The third-order valence-electron chi connectivity index (χ3n) is 2.88. The number of benzene rings is 2. The highest BCUT2D eigenvalue weighted by molar-refractivity contribution is 7.89. The van der Waals surface area contributed by atoms with Crippen LogP contribution in [-0.2, 0) is 14.8 Å². The predicted octanol–water partition coefficient (Wildman–Crippen LogP) is 1.00. The monoisotopic (exact) mass is 308 g/mol. The minimum Gasteiger partial charge on any atom is -0.483 e. The van der Waals surface area contributed by atoms with Crippen molar-refractivity contribution < 1.29 is 17.9 Å². The number of likely N-dealkylation sites (N-methyl/N-ethyl adjacent to an activating group) is 1. The van der Waals surface area contributed by atoms with Crippen LogP contribution < -0.4 is 15.2 Å². The molecule has 0 unspecified atom stereocenters. The number of rotatable bonds is 5. The van der Waals surface area contributed by atoms with Gasteiger partial charge in [-0.3, -0.25) is 4.79 Å². The van der Waals surface area contributed by atoms with E-state index in [-0.39, 0.29) is 17.4 Å². The molecule has 6 nitrogen and oxygen atoms in total. The molecule has 0 saturated carbocycles. The van der Waals surface area contributed by atoms with Gasteiger partial charge in [0.1, 0.15) is 5.75 Å². The minimum atomic E-state index is -3.82. The molecule has 7 heteroatoms. The Bertz CT molecular complexity index is 772. The molecule has 0 aromatic heterocycles. The summed E-state index contributed by atoms with van der Waals surface area (Å²) in [4.78, 5) is 11.5. The van der Waals surface area contributed by atoms with E-state index in [1.165, 1.54) is 12.1 Å². The molecule has 1 amide bonds. The van der Waals surface area contributed by atoms with E-state index in [2.05, 4.69) is 5.32 Å². The molecule has 112 valence electrons. The number of hydrogen-bond acceptors (Lipinski definition) is 4. The van der Waals surface area contributed by atoms with Crippen LogP contribution >= 0.6 is 0 Å². The molecule has 2 aromatic carbocycles. The van der Waals surface area contributed by atoms with Gasteiger partial charge in [0.25, 0.3) is 5.91 Å². The topological polar surface area (TPSA) is 98.5 Å². The summed E-state index contributed by atoms with van der Waals surface area (Å²) in [5.74, 6) is 0.196. The summed E-state index contributed by atoms with van der Waals surface area (Å²) in [5.41, 5.74) is 0. The molecule has 0 bridgehead atoms. The number of fused-ring (bicyclic) bond motifs is 1. The van der Waals surface area contributed by atoms with E-state index in [1.54, 1.807) is 24.3 Å². The summed E-state index contributed by atoms with van der Waals surface area (Å²) in [7, 11) is -3.82. The van der Waals surface area contributed by atoms with Gasteiger partial charge in [0.05, 0.1) is 4.90 Å². The fraction of sp³-hybridized carbons (Fsp3) is 0.214. The summed E-state index contributed by atoms with van der Waals surface area (Å²) in [6.07, 6.45) is 0. The van der Waals surface area contributed by atoms with E-state index in [1.807, 2.05) is 6.92 Å². The van der Waals surface area contributed by atoms with Crippen molar-refractivity contribution in [3.63, 3.8) is 0 Å². The van der Waals surface area contributed by atoms with Gasteiger partial charge in [-0.1, -0.05) is 24.3 Å². The maximum Gasteiger partial charge on any atom is 0.257 e. The van der Waals surface area contributed by atoms with Crippen LogP contribution in [0.1, 0.15) is 6.92 Å². The summed E-state index contributed by atoms with van der Waals surface area (Å²) in [6.45, 7) is 2.20. The molecule has 3 N–H and O–H groups in total. The van der Waals surface area contributed by atoms with E-state index in [0.29, 0.717) is 23.1 Å². The zero-order valence-corrected chi connectivity index (χ0v) is 12.3. The number of primary sulfonamides is 1. The van der Waals surface area contributed by atoms with Gasteiger partial charge >= 0.3 is 0 Å². The van der Waals surface area contributed by atoms with Gasteiger partial charge in [-0.05, 0) is 19.1 Å². The number of nitrogens with one attached hydrogen (secondary N) is 1. The zero-order valence-electron chi connectivity index (χ0n) is 11.5. The average molecular weight is 308 g/mol. The van der Waals surface area contributed by atoms with E-state index < -0.39 is 10.0 Å². The quantitative estimate of drug-likeness (QED) is 0.861. The zero-order chi connectivity index (χ0) is 15.5. The van der Waals surface area contributed by atoms with Crippen molar-refractivity contribution in [1.29, 1.82) is 0 Å². The smallest absolute Gasteiger partial charge is 0.257 e. The minimum absolute atomic E-state index is 0.0310. The van der Waals surface area contributed by atoms with Crippen molar-refractivity contribution in [2.45, 2.75) is 11.8 Å². The van der Waals surface area contributed by atoms with Gasteiger partial charge in [-0.2, -0.15) is 0 Å². The average Bonchev–Trinajstić information content (AvgIpc) is 2.43. The molecular formula is C14H16N2O4S. The van der Waals surface area contributed by atoms with Crippen molar-refractivity contribution in [2.75, 3.05) is 13.2 Å². The van der Waals surface area contributed by atoms with Crippen LogP contribution in [0.15, 0.2) is 41.3 Å². The fourth-order valence-corrected chi connectivity index (χ4v) is 2.75. The molecule has 0 aliphatic carbocycles. The third-order valence-corrected chi connectivity index (χ3v) is 3.85. The van der Waals surface area contributed by atoms with Gasteiger partial charge in [-0.15, -0.1) is 0 Å². The Hall–Kier alpha value is -2.12. The molecule has 0 aliphatic heterocycles. The standard InChI is InChI=1S/C14H16N2O4S/c1-2-16-14(17)9-20-12-7-8-13(21(15,18)19)11-6-4-3-5-10(11)12/h3-8H,2,9H2,1H3,(H,16,17)(H2,15,18,19). The maximum absolute atomic E-state index is 11.6. The molecule has 0 aliphatic rings. The predicted molar refractivity (Wildman–Crippen MR) is 79.5 cm³/mol.